The summed E-state index contributed by atoms with van der Waals surface area (Å²) < 4.78 is 2.68. The molecule has 0 aromatic carbocycles. The molecule has 0 aliphatic carbocycles. The minimum absolute atomic E-state index is 0. The fourth-order valence-corrected chi connectivity index (χ4v) is 2.26. The molecule has 7 heteroatoms. The van der Waals surface area contributed by atoms with Crippen LogP contribution < -0.4 is 16.6 Å². The highest BCUT2D eigenvalue weighted by atomic mass is 35.5. The first-order chi connectivity index (χ1) is 8.50. The average molecular weight is 289 g/mol. The third kappa shape index (κ3) is 3.26. The van der Waals surface area contributed by atoms with Gasteiger partial charge in [-0.3, -0.25) is 18.8 Å². The SMILES string of the molecule is CC1CNCCN1Cc1cc(=O)n(C)c(=O)n1C.Cl. The molecule has 0 radical (unpaired) electrons. The third-order valence-corrected chi connectivity index (χ3v) is 3.63. The third-order valence-electron chi connectivity index (χ3n) is 3.63. The summed E-state index contributed by atoms with van der Waals surface area (Å²) in [6.45, 7) is 5.61. The van der Waals surface area contributed by atoms with E-state index < -0.39 is 0 Å². The lowest BCUT2D eigenvalue weighted by molar-refractivity contribution is 0.161. The van der Waals surface area contributed by atoms with Gasteiger partial charge in [0.1, 0.15) is 0 Å². The van der Waals surface area contributed by atoms with Crippen molar-refractivity contribution >= 4 is 12.4 Å². The first-order valence-electron chi connectivity index (χ1n) is 6.21. The van der Waals surface area contributed by atoms with Crippen molar-refractivity contribution in [2.75, 3.05) is 19.6 Å². The molecule has 1 saturated heterocycles. The summed E-state index contributed by atoms with van der Waals surface area (Å²) in [6, 6.07) is 1.97. The van der Waals surface area contributed by atoms with Crippen molar-refractivity contribution in [3.63, 3.8) is 0 Å². The maximum absolute atomic E-state index is 11.8. The van der Waals surface area contributed by atoms with Gasteiger partial charge in [0.2, 0.25) is 0 Å². The monoisotopic (exact) mass is 288 g/mol. The summed E-state index contributed by atoms with van der Waals surface area (Å²) in [5, 5.41) is 3.32. The van der Waals surface area contributed by atoms with Crippen LogP contribution in [0.2, 0.25) is 0 Å². The first-order valence-corrected chi connectivity index (χ1v) is 6.21. The van der Waals surface area contributed by atoms with Crippen LogP contribution in [0.25, 0.3) is 0 Å². The zero-order chi connectivity index (χ0) is 13.3. The summed E-state index contributed by atoms with van der Waals surface area (Å²) in [6.07, 6.45) is 0. The Labute approximate surface area is 118 Å². The lowest BCUT2D eigenvalue weighted by atomic mass is 10.2. The maximum atomic E-state index is 11.8. The standard InChI is InChI=1S/C12H20N4O2.ClH/c1-9-7-13-4-5-16(9)8-10-6-11(17)15(3)12(18)14(10)2;/h6,9,13H,4-5,7-8H2,1-3H3;1H. The molecule has 19 heavy (non-hydrogen) atoms. The van der Waals surface area contributed by atoms with E-state index in [0.29, 0.717) is 12.6 Å². The van der Waals surface area contributed by atoms with Gasteiger partial charge in [0.05, 0.1) is 0 Å². The molecule has 0 bridgehead atoms. The second kappa shape index (κ2) is 6.36. The van der Waals surface area contributed by atoms with Gasteiger partial charge in [0.25, 0.3) is 5.56 Å². The number of piperazine rings is 1. The van der Waals surface area contributed by atoms with Gasteiger partial charge < -0.3 is 5.32 Å². The fraction of sp³-hybridized carbons (Fsp3) is 0.667. The number of aromatic nitrogens is 2. The Kier molecular flexibility index (Phi) is 5.34. The number of nitrogens with one attached hydrogen (secondary N) is 1. The normalized spacial score (nSPS) is 20.1. The molecule has 108 valence electrons. The van der Waals surface area contributed by atoms with Gasteiger partial charge in [-0.25, -0.2) is 4.79 Å². The van der Waals surface area contributed by atoms with Gasteiger partial charge in [-0.1, -0.05) is 0 Å². The quantitative estimate of drug-likeness (QED) is 0.782. The van der Waals surface area contributed by atoms with E-state index in [1.165, 1.54) is 7.05 Å². The molecule has 1 aromatic heterocycles. The van der Waals surface area contributed by atoms with Crippen molar-refractivity contribution in [1.29, 1.82) is 0 Å². The van der Waals surface area contributed by atoms with E-state index in [2.05, 4.69) is 17.1 Å². The lowest BCUT2D eigenvalue weighted by Gasteiger charge is -2.34. The van der Waals surface area contributed by atoms with Crippen LogP contribution >= 0.6 is 12.4 Å². The minimum atomic E-state index is -0.264. The summed E-state index contributed by atoms with van der Waals surface area (Å²) in [4.78, 5) is 25.8. The number of halogens is 1. The second-order valence-electron chi connectivity index (χ2n) is 4.90. The molecule has 1 unspecified atom stereocenters. The van der Waals surface area contributed by atoms with Crippen molar-refractivity contribution in [1.82, 2.24) is 19.4 Å². The van der Waals surface area contributed by atoms with Crippen LogP contribution in [0.4, 0.5) is 0 Å². The fourth-order valence-electron chi connectivity index (χ4n) is 2.26. The Hall–Kier alpha value is -1.11. The Morgan fingerprint density at radius 2 is 2.00 bits per heavy atom. The van der Waals surface area contributed by atoms with Gasteiger partial charge in [-0.2, -0.15) is 0 Å². The molecule has 1 aliphatic heterocycles. The smallest absolute Gasteiger partial charge is 0.314 e. The molecular formula is C12H21ClN4O2. The molecule has 6 nitrogen and oxygen atoms in total. The van der Waals surface area contributed by atoms with E-state index in [1.54, 1.807) is 17.7 Å². The van der Waals surface area contributed by atoms with E-state index in [9.17, 15) is 9.59 Å². The highest BCUT2D eigenvalue weighted by Gasteiger charge is 2.19. The van der Waals surface area contributed by atoms with Crippen LogP contribution in [0.3, 0.4) is 0 Å². The zero-order valence-electron chi connectivity index (χ0n) is 11.5. The predicted octanol–water partition coefficient (Wildman–Crippen LogP) is -0.700. The maximum Gasteiger partial charge on any atom is 0.330 e. The van der Waals surface area contributed by atoms with Gasteiger partial charge in [0.15, 0.2) is 0 Å². The van der Waals surface area contributed by atoms with Crippen LogP contribution in [0.1, 0.15) is 12.6 Å². The molecule has 1 fully saturated rings. The Balaban J connectivity index is 0.00000180. The molecule has 2 heterocycles. The Bertz CT molecular complexity index is 552. The van der Waals surface area contributed by atoms with Crippen molar-refractivity contribution in [2.45, 2.75) is 19.5 Å². The largest absolute Gasteiger partial charge is 0.330 e. The molecular weight excluding hydrogens is 268 g/mol. The number of hydrogen-bond donors (Lipinski definition) is 1. The van der Waals surface area contributed by atoms with Crippen LogP contribution in [0.5, 0.6) is 0 Å². The van der Waals surface area contributed by atoms with Crippen LogP contribution in [-0.4, -0.2) is 39.7 Å². The average Bonchev–Trinajstić information content (AvgIpc) is 2.36. The van der Waals surface area contributed by atoms with E-state index in [4.69, 9.17) is 0 Å². The molecule has 0 spiro atoms. The molecule has 1 aliphatic rings. The number of nitrogens with zero attached hydrogens (tertiary/aromatic N) is 3. The first kappa shape index (κ1) is 15.9. The number of hydrogen-bond acceptors (Lipinski definition) is 4. The van der Waals surface area contributed by atoms with Gasteiger partial charge >= 0.3 is 5.69 Å². The van der Waals surface area contributed by atoms with Crippen molar-refractivity contribution in [2.24, 2.45) is 14.1 Å². The van der Waals surface area contributed by atoms with E-state index >= 15 is 0 Å². The van der Waals surface area contributed by atoms with Crippen LogP contribution in [-0.2, 0) is 20.6 Å². The highest BCUT2D eigenvalue weighted by Crippen LogP contribution is 2.07. The zero-order valence-corrected chi connectivity index (χ0v) is 12.4. The van der Waals surface area contributed by atoms with Crippen molar-refractivity contribution in [3.8, 4) is 0 Å². The van der Waals surface area contributed by atoms with E-state index in [-0.39, 0.29) is 23.7 Å². The lowest BCUT2D eigenvalue weighted by Crippen LogP contribution is -2.50. The van der Waals surface area contributed by atoms with Crippen LogP contribution in [0, 0.1) is 0 Å². The predicted molar refractivity (Wildman–Crippen MR) is 76.9 cm³/mol. The molecule has 1 N–H and O–H groups in total. The minimum Gasteiger partial charge on any atom is -0.314 e. The van der Waals surface area contributed by atoms with Gasteiger partial charge in [-0.15, -0.1) is 12.4 Å². The van der Waals surface area contributed by atoms with Gasteiger partial charge in [-0.05, 0) is 6.92 Å². The molecule has 1 aromatic rings. The molecule has 2 rings (SSSR count). The highest BCUT2D eigenvalue weighted by molar-refractivity contribution is 5.85. The Morgan fingerprint density at radius 1 is 1.32 bits per heavy atom. The second-order valence-corrected chi connectivity index (χ2v) is 4.90. The summed E-state index contributed by atoms with van der Waals surface area (Å²) >= 11 is 0. The number of rotatable bonds is 2. The molecule has 0 amide bonds. The molecule has 1 atom stereocenters. The summed E-state index contributed by atoms with van der Waals surface area (Å²) in [5.74, 6) is 0. The van der Waals surface area contributed by atoms with Crippen molar-refractivity contribution in [3.05, 3.63) is 32.6 Å². The van der Waals surface area contributed by atoms with E-state index in [1.807, 2.05) is 0 Å². The van der Waals surface area contributed by atoms with Gasteiger partial charge in [0, 0.05) is 58.1 Å². The molecule has 0 saturated carbocycles. The summed E-state index contributed by atoms with van der Waals surface area (Å²) in [7, 11) is 3.21. The van der Waals surface area contributed by atoms with Crippen LogP contribution in [0.15, 0.2) is 15.7 Å². The summed E-state index contributed by atoms with van der Waals surface area (Å²) in [5.41, 5.74) is 0.271. The van der Waals surface area contributed by atoms with E-state index in [0.717, 1.165) is 29.9 Å². The van der Waals surface area contributed by atoms with Crippen molar-refractivity contribution < 1.29 is 0 Å². The Morgan fingerprint density at radius 3 is 2.63 bits per heavy atom. The topological polar surface area (TPSA) is 59.3 Å².